The van der Waals surface area contributed by atoms with Crippen molar-refractivity contribution in [2.45, 2.75) is 18.2 Å². The molecule has 1 saturated heterocycles. The van der Waals surface area contributed by atoms with E-state index in [2.05, 4.69) is 15.2 Å². The average Bonchev–Trinajstić information content (AvgIpc) is 3.12. The van der Waals surface area contributed by atoms with E-state index in [1.165, 1.54) is 23.5 Å². The van der Waals surface area contributed by atoms with Gasteiger partial charge in [-0.05, 0) is 44.2 Å². The normalized spacial score (nSPS) is 15.4. The first-order valence-electron chi connectivity index (χ1n) is 9.63. The van der Waals surface area contributed by atoms with Crippen LogP contribution < -0.4 is 5.32 Å². The lowest BCUT2D eigenvalue weighted by atomic mass is 10.3. The summed E-state index contributed by atoms with van der Waals surface area (Å²) in [6.07, 6.45) is 2.19. The third-order valence-corrected chi connectivity index (χ3v) is 7.31. The molecular formula is C19H25FN4O4S2. The van der Waals surface area contributed by atoms with E-state index < -0.39 is 21.7 Å². The summed E-state index contributed by atoms with van der Waals surface area (Å²) in [5.41, 5.74) is 0. The summed E-state index contributed by atoms with van der Waals surface area (Å²) in [5.74, 6) is -0.994. The molecular weight excluding hydrogens is 431 g/mol. The van der Waals surface area contributed by atoms with Crippen LogP contribution in [0.25, 0.3) is 0 Å². The van der Waals surface area contributed by atoms with Crippen molar-refractivity contribution in [3.63, 3.8) is 0 Å². The minimum Gasteiger partial charge on any atom is -0.379 e. The van der Waals surface area contributed by atoms with Crippen molar-refractivity contribution in [2.75, 3.05) is 51.3 Å². The van der Waals surface area contributed by atoms with Crippen molar-refractivity contribution in [1.29, 1.82) is 0 Å². The number of carbonyl (C=O) groups is 1. The summed E-state index contributed by atoms with van der Waals surface area (Å²) >= 11 is 1.31. The molecule has 11 heteroatoms. The highest BCUT2D eigenvalue weighted by Gasteiger charge is 2.27. The van der Waals surface area contributed by atoms with E-state index in [1.54, 1.807) is 6.20 Å². The molecule has 0 atom stereocenters. The third-order valence-electron chi connectivity index (χ3n) is 4.62. The van der Waals surface area contributed by atoms with E-state index in [1.807, 2.05) is 6.92 Å². The second kappa shape index (κ2) is 10.4. The molecule has 1 amide bonds. The number of anilines is 1. The maximum absolute atomic E-state index is 13.2. The van der Waals surface area contributed by atoms with E-state index in [0.29, 0.717) is 31.3 Å². The van der Waals surface area contributed by atoms with Gasteiger partial charge in [0.1, 0.15) is 5.82 Å². The first kappa shape index (κ1) is 22.8. The number of benzene rings is 1. The fourth-order valence-corrected chi connectivity index (χ4v) is 5.18. The van der Waals surface area contributed by atoms with Gasteiger partial charge < -0.3 is 10.1 Å². The van der Waals surface area contributed by atoms with Crippen LogP contribution in [0.1, 0.15) is 11.3 Å². The molecule has 0 aliphatic carbocycles. The van der Waals surface area contributed by atoms with Crippen LogP contribution in [0.4, 0.5) is 9.52 Å². The molecule has 0 radical (unpaired) electrons. The molecule has 0 bridgehead atoms. The number of ether oxygens (including phenoxy) is 1. The van der Waals surface area contributed by atoms with E-state index in [-0.39, 0.29) is 18.0 Å². The standard InChI is InChI=1S/C19H25FN4O4S2/c1-15-13-21-19(29-15)22-18(25)14-24(8-2-7-23-9-11-28-12-10-23)30(26,27)17-5-3-16(20)4-6-17/h3-6,13H,2,7-12,14H2,1H3,(H,21,22,25). The van der Waals surface area contributed by atoms with Crippen molar-refractivity contribution in [3.8, 4) is 0 Å². The Labute approximate surface area is 179 Å². The van der Waals surface area contributed by atoms with Gasteiger partial charge in [0.05, 0.1) is 24.7 Å². The Morgan fingerprint density at radius 1 is 1.30 bits per heavy atom. The number of amides is 1. The molecule has 30 heavy (non-hydrogen) atoms. The summed E-state index contributed by atoms with van der Waals surface area (Å²) in [4.78, 5) is 19.7. The van der Waals surface area contributed by atoms with Crippen LogP contribution in [-0.4, -0.2) is 74.5 Å². The third kappa shape index (κ3) is 6.29. The van der Waals surface area contributed by atoms with Crippen LogP contribution in [0.5, 0.6) is 0 Å². The Morgan fingerprint density at radius 2 is 2.00 bits per heavy atom. The number of hydrogen-bond acceptors (Lipinski definition) is 7. The van der Waals surface area contributed by atoms with Crippen LogP contribution in [-0.2, 0) is 19.6 Å². The number of aromatic nitrogens is 1. The highest BCUT2D eigenvalue weighted by atomic mass is 32.2. The molecule has 1 aromatic heterocycles. The monoisotopic (exact) mass is 456 g/mol. The molecule has 0 spiro atoms. The summed E-state index contributed by atoms with van der Waals surface area (Å²) < 4.78 is 45.9. The number of nitrogens with zero attached hydrogens (tertiary/aromatic N) is 3. The van der Waals surface area contributed by atoms with Gasteiger partial charge in [0, 0.05) is 30.7 Å². The Bertz CT molecular complexity index is 944. The number of halogens is 1. The van der Waals surface area contributed by atoms with Crippen molar-refractivity contribution < 1.29 is 22.3 Å². The summed E-state index contributed by atoms with van der Waals surface area (Å²) in [5, 5.41) is 3.06. The van der Waals surface area contributed by atoms with Crippen LogP contribution in [0.15, 0.2) is 35.4 Å². The van der Waals surface area contributed by atoms with Crippen LogP contribution >= 0.6 is 11.3 Å². The maximum Gasteiger partial charge on any atom is 0.243 e. The van der Waals surface area contributed by atoms with Gasteiger partial charge in [0.25, 0.3) is 0 Å². The molecule has 2 heterocycles. The number of morpholine rings is 1. The van der Waals surface area contributed by atoms with E-state index >= 15 is 0 Å². The van der Waals surface area contributed by atoms with Crippen LogP contribution in [0.3, 0.4) is 0 Å². The Kier molecular flexibility index (Phi) is 7.89. The maximum atomic E-state index is 13.2. The van der Waals surface area contributed by atoms with Gasteiger partial charge in [-0.15, -0.1) is 11.3 Å². The number of carbonyl (C=O) groups excluding carboxylic acids is 1. The Morgan fingerprint density at radius 3 is 2.63 bits per heavy atom. The Balaban J connectivity index is 1.69. The molecule has 0 saturated carbocycles. The molecule has 1 aliphatic rings. The SMILES string of the molecule is Cc1cnc(NC(=O)CN(CCCN2CCOCC2)S(=O)(=O)c2ccc(F)cc2)s1. The predicted molar refractivity (Wildman–Crippen MR) is 113 cm³/mol. The average molecular weight is 457 g/mol. The van der Waals surface area contributed by atoms with E-state index in [0.717, 1.165) is 34.4 Å². The summed E-state index contributed by atoms with van der Waals surface area (Å²) in [6, 6.07) is 4.61. The highest BCUT2D eigenvalue weighted by molar-refractivity contribution is 7.89. The quantitative estimate of drug-likeness (QED) is 0.620. The molecule has 0 unspecified atom stereocenters. The van der Waals surface area contributed by atoms with Crippen LogP contribution in [0, 0.1) is 12.7 Å². The van der Waals surface area contributed by atoms with Gasteiger partial charge >= 0.3 is 0 Å². The van der Waals surface area contributed by atoms with Crippen molar-refractivity contribution in [3.05, 3.63) is 41.2 Å². The second-order valence-corrected chi connectivity index (χ2v) is 10.1. The number of nitrogens with one attached hydrogen (secondary N) is 1. The minimum absolute atomic E-state index is 0.0480. The molecule has 1 aliphatic heterocycles. The zero-order chi connectivity index (χ0) is 21.6. The van der Waals surface area contributed by atoms with Gasteiger partial charge in [-0.25, -0.2) is 17.8 Å². The summed E-state index contributed by atoms with van der Waals surface area (Å²) in [6.45, 7) is 5.31. The molecule has 2 aromatic rings. The molecule has 3 rings (SSSR count). The van der Waals surface area contributed by atoms with Gasteiger partial charge in [-0.1, -0.05) is 0 Å². The second-order valence-electron chi connectivity index (χ2n) is 6.92. The highest BCUT2D eigenvalue weighted by Crippen LogP contribution is 2.19. The van der Waals surface area contributed by atoms with Gasteiger partial charge in [-0.3, -0.25) is 9.69 Å². The zero-order valence-electron chi connectivity index (χ0n) is 16.7. The number of rotatable bonds is 9. The summed E-state index contributed by atoms with van der Waals surface area (Å²) in [7, 11) is -3.96. The first-order chi connectivity index (χ1) is 14.3. The van der Waals surface area contributed by atoms with Crippen LogP contribution in [0.2, 0.25) is 0 Å². The molecule has 1 fully saturated rings. The molecule has 1 aromatic carbocycles. The largest absolute Gasteiger partial charge is 0.379 e. The molecule has 1 N–H and O–H groups in total. The lowest BCUT2D eigenvalue weighted by Gasteiger charge is -2.28. The van der Waals surface area contributed by atoms with Gasteiger partial charge in [0.15, 0.2) is 5.13 Å². The van der Waals surface area contributed by atoms with E-state index in [9.17, 15) is 17.6 Å². The van der Waals surface area contributed by atoms with Crippen molar-refractivity contribution in [2.24, 2.45) is 0 Å². The lowest BCUT2D eigenvalue weighted by Crippen LogP contribution is -2.41. The van der Waals surface area contributed by atoms with Gasteiger partial charge in [-0.2, -0.15) is 4.31 Å². The van der Waals surface area contributed by atoms with Crippen molar-refractivity contribution >= 4 is 32.4 Å². The zero-order valence-corrected chi connectivity index (χ0v) is 18.3. The lowest BCUT2D eigenvalue weighted by molar-refractivity contribution is -0.116. The van der Waals surface area contributed by atoms with Gasteiger partial charge in [0.2, 0.25) is 15.9 Å². The fourth-order valence-electron chi connectivity index (χ4n) is 3.07. The van der Waals surface area contributed by atoms with Crippen molar-refractivity contribution in [1.82, 2.24) is 14.2 Å². The minimum atomic E-state index is -3.96. The first-order valence-corrected chi connectivity index (χ1v) is 11.9. The number of aryl methyl sites for hydroxylation is 1. The Hall–Kier alpha value is -1.92. The molecule has 8 nitrogen and oxygen atoms in total. The molecule has 164 valence electrons. The topological polar surface area (TPSA) is 91.8 Å². The number of thiazole rings is 1. The van der Waals surface area contributed by atoms with E-state index in [4.69, 9.17) is 4.74 Å². The fraction of sp³-hybridized carbons (Fsp3) is 0.474. The smallest absolute Gasteiger partial charge is 0.243 e. The number of hydrogen-bond donors (Lipinski definition) is 1. The number of sulfonamides is 1. The predicted octanol–water partition coefficient (Wildman–Crippen LogP) is 1.94.